The van der Waals surface area contributed by atoms with Crippen LogP contribution in [-0.2, 0) is 15.1 Å². The number of rotatable bonds is 5. The number of aliphatic imine (C=N–C) groups is 1. The zero-order valence-electron chi connectivity index (χ0n) is 13.1. The third-order valence-electron chi connectivity index (χ3n) is 4.54. The van der Waals surface area contributed by atoms with Crippen molar-refractivity contribution in [3.05, 3.63) is 34.9 Å². The average Bonchev–Trinajstić information content (AvgIpc) is 2.53. The fraction of sp³-hybridized carbons (Fsp3) is 0.529. The van der Waals surface area contributed by atoms with Crippen molar-refractivity contribution < 1.29 is 9.53 Å². The number of fused-ring (bicyclic) bond motifs is 2. The maximum Gasteiger partial charge on any atom is 0.205 e. The summed E-state index contributed by atoms with van der Waals surface area (Å²) in [5, 5.41) is 0.573. The molecule has 1 aromatic carbocycles. The van der Waals surface area contributed by atoms with Crippen LogP contribution in [0, 0.1) is 0 Å². The Balaban J connectivity index is 2.04. The second-order valence-electron chi connectivity index (χ2n) is 6.04. The van der Waals surface area contributed by atoms with Crippen molar-refractivity contribution in [2.24, 2.45) is 10.7 Å². The van der Waals surface area contributed by atoms with Gasteiger partial charge in [-0.25, -0.2) is 4.99 Å². The van der Waals surface area contributed by atoms with Crippen LogP contribution in [0.2, 0.25) is 5.02 Å². The minimum Gasteiger partial charge on any atom is -0.468 e. The average molecular weight is 353 g/mol. The summed E-state index contributed by atoms with van der Waals surface area (Å²) in [6, 6.07) is 7.17. The van der Waals surface area contributed by atoms with Gasteiger partial charge < -0.3 is 10.5 Å². The molecule has 3 unspecified atom stereocenters. The van der Waals surface area contributed by atoms with Gasteiger partial charge >= 0.3 is 0 Å². The SMILES string of the molecule is CSCCC(N)C1=NC2(c3ccccc3Cl)CCCC(O1)C2=O. The molecule has 2 bridgehead atoms. The van der Waals surface area contributed by atoms with Crippen LogP contribution in [0.25, 0.3) is 0 Å². The van der Waals surface area contributed by atoms with Crippen LogP contribution >= 0.6 is 23.4 Å². The van der Waals surface area contributed by atoms with Crippen molar-refractivity contribution >= 4 is 35.0 Å². The Morgan fingerprint density at radius 3 is 3.04 bits per heavy atom. The molecule has 1 aliphatic heterocycles. The van der Waals surface area contributed by atoms with E-state index >= 15 is 0 Å². The van der Waals surface area contributed by atoms with Gasteiger partial charge in [-0.05, 0) is 43.8 Å². The highest BCUT2D eigenvalue weighted by Gasteiger charge is 2.52. The number of nitrogens with two attached hydrogens (primary N) is 1. The van der Waals surface area contributed by atoms with Crippen LogP contribution in [0.5, 0.6) is 0 Å². The van der Waals surface area contributed by atoms with E-state index < -0.39 is 11.6 Å². The number of ether oxygens (including phenoxy) is 1. The van der Waals surface area contributed by atoms with Gasteiger partial charge in [-0.2, -0.15) is 11.8 Å². The van der Waals surface area contributed by atoms with E-state index in [1.807, 2.05) is 24.5 Å². The second kappa shape index (κ2) is 6.83. The van der Waals surface area contributed by atoms with Gasteiger partial charge in [0.1, 0.15) is 0 Å². The van der Waals surface area contributed by atoms with Gasteiger partial charge in [0.2, 0.25) is 11.7 Å². The van der Waals surface area contributed by atoms with E-state index in [0.29, 0.717) is 17.3 Å². The molecule has 0 radical (unpaired) electrons. The van der Waals surface area contributed by atoms with Gasteiger partial charge in [-0.3, -0.25) is 4.79 Å². The van der Waals surface area contributed by atoms with Crippen LogP contribution in [0.4, 0.5) is 0 Å². The number of halogens is 1. The van der Waals surface area contributed by atoms with E-state index in [0.717, 1.165) is 30.6 Å². The molecule has 3 atom stereocenters. The van der Waals surface area contributed by atoms with Crippen LogP contribution in [0.15, 0.2) is 29.3 Å². The molecule has 0 amide bonds. The fourth-order valence-corrected chi connectivity index (χ4v) is 4.09. The first-order valence-corrected chi connectivity index (χ1v) is 9.66. The number of ketones is 1. The Morgan fingerprint density at radius 2 is 2.30 bits per heavy atom. The van der Waals surface area contributed by atoms with Crippen LogP contribution in [0.3, 0.4) is 0 Å². The molecule has 2 aliphatic rings. The topological polar surface area (TPSA) is 64.7 Å². The van der Waals surface area contributed by atoms with Crippen molar-refractivity contribution in [2.75, 3.05) is 12.0 Å². The largest absolute Gasteiger partial charge is 0.468 e. The minimum absolute atomic E-state index is 0.0117. The van der Waals surface area contributed by atoms with Crippen molar-refractivity contribution in [3.63, 3.8) is 0 Å². The number of thioether (sulfide) groups is 1. The lowest BCUT2D eigenvalue weighted by molar-refractivity contribution is -0.137. The molecule has 0 saturated heterocycles. The zero-order chi connectivity index (χ0) is 16.4. The summed E-state index contributed by atoms with van der Waals surface area (Å²) in [5.41, 5.74) is 6.09. The molecule has 3 rings (SSSR count). The number of carbonyl (C=O) groups excluding carboxylic acids is 1. The van der Waals surface area contributed by atoms with E-state index in [2.05, 4.69) is 0 Å². The molecule has 6 heteroatoms. The summed E-state index contributed by atoms with van der Waals surface area (Å²) < 4.78 is 5.84. The van der Waals surface area contributed by atoms with Gasteiger partial charge in [0, 0.05) is 10.6 Å². The number of benzene rings is 1. The zero-order valence-corrected chi connectivity index (χ0v) is 14.7. The third-order valence-corrected chi connectivity index (χ3v) is 5.51. The molecule has 23 heavy (non-hydrogen) atoms. The van der Waals surface area contributed by atoms with E-state index in [-0.39, 0.29) is 11.8 Å². The Labute approximate surface area is 145 Å². The first kappa shape index (κ1) is 16.8. The predicted molar refractivity (Wildman–Crippen MR) is 95.3 cm³/mol. The summed E-state index contributed by atoms with van der Waals surface area (Å²) in [5.74, 6) is 1.45. The summed E-state index contributed by atoms with van der Waals surface area (Å²) in [4.78, 5) is 17.7. The Bertz CT molecular complexity index is 637. The Hall–Kier alpha value is -1.04. The van der Waals surface area contributed by atoms with Crippen molar-refractivity contribution in [3.8, 4) is 0 Å². The highest BCUT2D eigenvalue weighted by atomic mass is 35.5. The number of hydrogen-bond donors (Lipinski definition) is 1. The van der Waals surface area contributed by atoms with E-state index in [9.17, 15) is 4.79 Å². The number of hydrogen-bond acceptors (Lipinski definition) is 5. The highest BCUT2D eigenvalue weighted by Crippen LogP contribution is 2.44. The minimum atomic E-state index is -0.925. The molecule has 1 heterocycles. The first-order chi connectivity index (χ1) is 11.1. The standard InChI is InChI=1S/C17H21ClN2O2S/c1-23-10-8-13(19)16-20-17(11-5-2-3-6-12(11)18)9-4-7-14(22-16)15(17)21/h2-3,5-6,13-14H,4,7-10,19H2,1H3. The highest BCUT2D eigenvalue weighted by molar-refractivity contribution is 7.98. The third kappa shape index (κ3) is 3.02. The van der Waals surface area contributed by atoms with Gasteiger partial charge in [0.05, 0.1) is 6.04 Å². The van der Waals surface area contributed by atoms with Crippen LogP contribution < -0.4 is 5.73 Å². The normalized spacial score (nSPS) is 28.0. The molecule has 1 aliphatic carbocycles. The van der Waals surface area contributed by atoms with Crippen molar-refractivity contribution in [1.29, 1.82) is 0 Å². The molecule has 124 valence electrons. The lowest BCUT2D eigenvalue weighted by atomic mass is 9.73. The van der Waals surface area contributed by atoms with Gasteiger partial charge in [0.15, 0.2) is 11.6 Å². The molecule has 1 saturated carbocycles. The number of Topliss-reactive ketones (excluding diaryl/α,β-unsaturated/α-hetero) is 1. The number of nitrogens with zero attached hydrogens (tertiary/aromatic N) is 1. The van der Waals surface area contributed by atoms with Crippen molar-refractivity contribution in [2.45, 2.75) is 43.4 Å². The molecule has 0 spiro atoms. The second-order valence-corrected chi connectivity index (χ2v) is 7.43. The summed E-state index contributed by atoms with van der Waals surface area (Å²) in [6.45, 7) is 0. The van der Waals surface area contributed by atoms with E-state index in [1.165, 1.54) is 0 Å². The molecule has 1 fully saturated rings. The number of carbonyl (C=O) groups is 1. The lowest BCUT2D eigenvalue weighted by Gasteiger charge is -2.42. The fourth-order valence-electron chi connectivity index (χ4n) is 3.31. The Kier molecular flexibility index (Phi) is 4.99. The van der Waals surface area contributed by atoms with Gasteiger partial charge in [0.25, 0.3) is 0 Å². The molecular formula is C17H21ClN2O2S. The van der Waals surface area contributed by atoms with E-state index in [1.54, 1.807) is 17.8 Å². The monoisotopic (exact) mass is 352 g/mol. The molecule has 4 nitrogen and oxygen atoms in total. The molecule has 1 aromatic rings. The summed E-state index contributed by atoms with van der Waals surface area (Å²) in [6.07, 6.45) is 4.64. The van der Waals surface area contributed by atoms with Gasteiger partial charge in [-0.15, -0.1) is 0 Å². The summed E-state index contributed by atoms with van der Waals surface area (Å²) in [7, 11) is 0. The maximum absolute atomic E-state index is 12.9. The van der Waals surface area contributed by atoms with E-state index in [4.69, 9.17) is 27.1 Å². The lowest BCUT2D eigenvalue weighted by Crippen LogP contribution is -2.54. The first-order valence-electron chi connectivity index (χ1n) is 7.89. The quantitative estimate of drug-likeness (QED) is 0.884. The molecule has 0 aromatic heterocycles. The molecule has 2 N–H and O–H groups in total. The smallest absolute Gasteiger partial charge is 0.205 e. The van der Waals surface area contributed by atoms with Crippen molar-refractivity contribution in [1.82, 2.24) is 0 Å². The molecular weight excluding hydrogens is 332 g/mol. The summed E-state index contributed by atoms with van der Waals surface area (Å²) >= 11 is 8.11. The van der Waals surface area contributed by atoms with Crippen LogP contribution in [0.1, 0.15) is 31.2 Å². The van der Waals surface area contributed by atoms with Crippen LogP contribution in [-0.4, -0.2) is 35.8 Å². The van der Waals surface area contributed by atoms with Gasteiger partial charge in [-0.1, -0.05) is 29.8 Å². The predicted octanol–water partition coefficient (Wildman–Crippen LogP) is 3.17. The maximum atomic E-state index is 12.9. The Morgan fingerprint density at radius 1 is 1.52 bits per heavy atom.